The molecule has 2 rings (SSSR count). The van der Waals surface area contributed by atoms with Gasteiger partial charge in [0.15, 0.2) is 23.2 Å². The summed E-state index contributed by atoms with van der Waals surface area (Å²) >= 11 is 5.78. The van der Waals surface area contributed by atoms with Crippen LogP contribution in [-0.4, -0.2) is 5.78 Å². The van der Waals surface area contributed by atoms with Crippen molar-refractivity contribution in [1.29, 1.82) is 0 Å². The number of rotatable bonds is 3. The van der Waals surface area contributed by atoms with Crippen LogP contribution in [0, 0.1) is 23.3 Å². The van der Waals surface area contributed by atoms with E-state index in [0.717, 1.165) is 18.2 Å². The van der Waals surface area contributed by atoms with Crippen LogP contribution in [0.5, 0.6) is 0 Å². The smallest absolute Gasteiger partial charge is 0.195 e. The van der Waals surface area contributed by atoms with E-state index in [0.29, 0.717) is 6.07 Å². The number of hydrogen-bond acceptors (Lipinski definition) is 1. The first kappa shape index (κ1) is 14.5. The van der Waals surface area contributed by atoms with Gasteiger partial charge in [0, 0.05) is 11.4 Å². The first-order valence-electron chi connectivity index (χ1n) is 5.50. The van der Waals surface area contributed by atoms with Gasteiger partial charge in [-0.3, -0.25) is 4.79 Å². The molecule has 0 aliphatic carbocycles. The lowest BCUT2D eigenvalue weighted by atomic mass is 10.0. The lowest BCUT2D eigenvalue weighted by Gasteiger charge is -2.06. The van der Waals surface area contributed by atoms with Crippen LogP contribution >= 0.6 is 11.6 Å². The van der Waals surface area contributed by atoms with Gasteiger partial charge in [-0.25, -0.2) is 17.6 Å². The van der Waals surface area contributed by atoms with E-state index in [9.17, 15) is 22.4 Å². The van der Waals surface area contributed by atoms with Gasteiger partial charge >= 0.3 is 0 Å². The average molecular weight is 303 g/mol. The molecule has 0 heterocycles. The summed E-state index contributed by atoms with van der Waals surface area (Å²) in [5.74, 6) is -6.11. The van der Waals surface area contributed by atoms with Crippen molar-refractivity contribution in [2.45, 2.75) is 6.42 Å². The van der Waals surface area contributed by atoms with E-state index in [2.05, 4.69) is 0 Å². The molecule has 0 unspecified atom stereocenters. The predicted molar refractivity (Wildman–Crippen MR) is 65.8 cm³/mol. The number of benzene rings is 2. The Morgan fingerprint density at radius 1 is 1.00 bits per heavy atom. The molecule has 0 fully saturated rings. The van der Waals surface area contributed by atoms with Gasteiger partial charge in [-0.1, -0.05) is 11.6 Å². The molecular formula is C14H7ClF4O. The highest BCUT2D eigenvalue weighted by molar-refractivity contribution is 6.31. The Labute approximate surface area is 116 Å². The van der Waals surface area contributed by atoms with Crippen molar-refractivity contribution in [2.24, 2.45) is 0 Å². The highest BCUT2D eigenvalue weighted by Gasteiger charge is 2.19. The van der Waals surface area contributed by atoms with Crippen molar-refractivity contribution < 1.29 is 22.4 Å². The molecule has 0 aliphatic heterocycles. The molecule has 0 aliphatic rings. The molecule has 1 nitrogen and oxygen atoms in total. The van der Waals surface area contributed by atoms with Gasteiger partial charge in [-0.2, -0.15) is 0 Å². The van der Waals surface area contributed by atoms with Crippen LogP contribution < -0.4 is 0 Å². The third-order valence-corrected chi connectivity index (χ3v) is 3.06. The van der Waals surface area contributed by atoms with Gasteiger partial charge in [0.2, 0.25) is 0 Å². The maximum Gasteiger partial charge on any atom is 0.195 e. The van der Waals surface area contributed by atoms with Crippen molar-refractivity contribution >= 4 is 17.4 Å². The first-order valence-corrected chi connectivity index (χ1v) is 5.88. The lowest BCUT2D eigenvalue weighted by molar-refractivity contribution is 0.0988. The number of Topliss-reactive ketones (excluding diaryl/α,β-unsaturated/α-hetero) is 1. The highest BCUT2D eigenvalue weighted by atomic mass is 35.5. The fourth-order valence-electron chi connectivity index (χ4n) is 1.69. The molecule has 0 saturated heterocycles. The van der Waals surface area contributed by atoms with Crippen LogP contribution in [0.2, 0.25) is 5.02 Å². The summed E-state index contributed by atoms with van der Waals surface area (Å²) in [6.45, 7) is 0. The SMILES string of the molecule is O=C(Cc1cc(F)ccc1Cl)c1ccc(F)c(F)c1F. The predicted octanol–water partition coefficient (Wildman–Crippen LogP) is 4.32. The Balaban J connectivity index is 2.33. The minimum atomic E-state index is -1.72. The number of hydrogen-bond donors (Lipinski definition) is 0. The van der Waals surface area contributed by atoms with E-state index in [-0.39, 0.29) is 10.6 Å². The van der Waals surface area contributed by atoms with Gasteiger partial charge in [-0.05, 0) is 35.9 Å². The second-order valence-electron chi connectivity index (χ2n) is 4.06. The molecule has 0 N–H and O–H groups in total. The molecule has 20 heavy (non-hydrogen) atoms. The molecule has 0 bridgehead atoms. The van der Waals surface area contributed by atoms with Crippen molar-refractivity contribution in [2.75, 3.05) is 0 Å². The van der Waals surface area contributed by atoms with Gasteiger partial charge < -0.3 is 0 Å². The fraction of sp³-hybridized carbons (Fsp3) is 0.0714. The molecule has 6 heteroatoms. The minimum absolute atomic E-state index is 0.128. The standard InChI is InChI=1S/C14H7ClF4O/c15-10-3-1-8(16)5-7(10)6-12(20)9-2-4-11(17)14(19)13(9)18/h1-5H,6H2. The van der Waals surface area contributed by atoms with Crippen LogP contribution in [0.25, 0.3) is 0 Å². The molecule has 0 spiro atoms. The second-order valence-corrected chi connectivity index (χ2v) is 4.47. The molecule has 2 aromatic rings. The highest BCUT2D eigenvalue weighted by Crippen LogP contribution is 2.21. The van der Waals surface area contributed by atoms with Gasteiger partial charge in [0.1, 0.15) is 5.82 Å². The summed E-state index contributed by atoms with van der Waals surface area (Å²) in [5.41, 5.74) is -0.468. The first-order chi connectivity index (χ1) is 9.40. The topological polar surface area (TPSA) is 17.1 Å². The van der Waals surface area contributed by atoms with E-state index >= 15 is 0 Å². The third kappa shape index (κ3) is 2.82. The monoisotopic (exact) mass is 302 g/mol. The Hall–Kier alpha value is -1.88. The lowest BCUT2D eigenvalue weighted by Crippen LogP contribution is -2.09. The van der Waals surface area contributed by atoms with Crippen LogP contribution in [0.1, 0.15) is 15.9 Å². The van der Waals surface area contributed by atoms with Crippen molar-refractivity contribution in [3.05, 3.63) is 69.8 Å². The normalized spacial score (nSPS) is 10.7. The Morgan fingerprint density at radius 3 is 2.40 bits per heavy atom. The van der Waals surface area contributed by atoms with E-state index in [1.54, 1.807) is 0 Å². The largest absolute Gasteiger partial charge is 0.294 e. The molecule has 0 atom stereocenters. The molecular weight excluding hydrogens is 296 g/mol. The molecule has 0 saturated carbocycles. The minimum Gasteiger partial charge on any atom is -0.294 e. The summed E-state index contributed by atoms with van der Waals surface area (Å²) < 4.78 is 52.3. The maximum absolute atomic E-state index is 13.5. The van der Waals surface area contributed by atoms with E-state index in [1.807, 2.05) is 0 Å². The van der Waals surface area contributed by atoms with Crippen LogP contribution in [0.15, 0.2) is 30.3 Å². The van der Waals surface area contributed by atoms with E-state index in [1.165, 1.54) is 6.07 Å². The van der Waals surface area contributed by atoms with Gasteiger partial charge in [-0.15, -0.1) is 0 Å². The summed E-state index contributed by atoms with van der Waals surface area (Å²) in [5, 5.41) is 0.128. The number of ketones is 1. The third-order valence-electron chi connectivity index (χ3n) is 2.69. The molecule has 0 aromatic heterocycles. The van der Waals surface area contributed by atoms with Crippen LogP contribution in [0.3, 0.4) is 0 Å². The number of halogens is 5. The van der Waals surface area contributed by atoms with E-state index in [4.69, 9.17) is 11.6 Å². The fourth-order valence-corrected chi connectivity index (χ4v) is 1.87. The van der Waals surface area contributed by atoms with Gasteiger partial charge in [0.25, 0.3) is 0 Å². The maximum atomic E-state index is 13.5. The molecule has 2 aromatic carbocycles. The zero-order valence-electron chi connectivity index (χ0n) is 9.89. The summed E-state index contributed by atoms with van der Waals surface area (Å²) in [4.78, 5) is 11.9. The number of carbonyl (C=O) groups excluding carboxylic acids is 1. The second kappa shape index (κ2) is 5.63. The molecule has 0 amide bonds. The van der Waals surface area contributed by atoms with Crippen molar-refractivity contribution in [3.63, 3.8) is 0 Å². The average Bonchev–Trinajstić information content (AvgIpc) is 2.40. The number of carbonyl (C=O) groups is 1. The summed E-state index contributed by atoms with van der Waals surface area (Å²) in [7, 11) is 0. The zero-order chi connectivity index (χ0) is 14.9. The van der Waals surface area contributed by atoms with Crippen LogP contribution in [0.4, 0.5) is 17.6 Å². The van der Waals surface area contributed by atoms with Gasteiger partial charge in [0.05, 0.1) is 5.56 Å². The quantitative estimate of drug-likeness (QED) is 0.469. The van der Waals surface area contributed by atoms with E-state index < -0.39 is 41.0 Å². The molecule has 0 radical (unpaired) electrons. The Morgan fingerprint density at radius 2 is 1.70 bits per heavy atom. The van der Waals surface area contributed by atoms with Crippen molar-refractivity contribution in [3.8, 4) is 0 Å². The summed E-state index contributed by atoms with van der Waals surface area (Å²) in [6.07, 6.45) is -0.418. The molecule has 104 valence electrons. The Bertz CT molecular complexity index is 685. The van der Waals surface area contributed by atoms with Crippen LogP contribution in [-0.2, 0) is 6.42 Å². The Kier molecular flexibility index (Phi) is 4.09. The van der Waals surface area contributed by atoms with Crippen molar-refractivity contribution in [1.82, 2.24) is 0 Å². The zero-order valence-corrected chi connectivity index (χ0v) is 10.6. The summed E-state index contributed by atoms with van der Waals surface area (Å²) in [6, 6.07) is 4.87.